The van der Waals surface area contributed by atoms with Gasteiger partial charge in [-0.25, -0.2) is 9.78 Å². The van der Waals surface area contributed by atoms with E-state index >= 15 is 0 Å². The lowest BCUT2D eigenvalue weighted by atomic mass is 10.2. The molecule has 1 aromatic heterocycles. The predicted molar refractivity (Wildman–Crippen MR) is 112 cm³/mol. The molecule has 11 heteroatoms. The Morgan fingerprint density at radius 3 is 2.68 bits per heavy atom. The topological polar surface area (TPSA) is 110 Å². The Morgan fingerprint density at radius 1 is 1.29 bits per heavy atom. The highest BCUT2D eigenvalue weighted by Gasteiger charge is 2.35. The largest absolute Gasteiger partial charge is 0.493 e. The third kappa shape index (κ3) is 5.90. The number of nitrogens with one attached hydrogen (secondary N) is 1. The van der Waals surface area contributed by atoms with E-state index < -0.39 is 18.0 Å². The van der Waals surface area contributed by atoms with Crippen LogP contribution in [0.4, 0.5) is 5.69 Å². The summed E-state index contributed by atoms with van der Waals surface area (Å²) in [6.45, 7) is 3.64. The summed E-state index contributed by atoms with van der Waals surface area (Å²) in [7, 11) is 4.80. The molecule has 0 saturated carbocycles. The zero-order valence-electron chi connectivity index (χ0n) is 18.0. The van der Waals surface area contributed by atoms with E-state index in [0.29, 0.717) is 22.3 Å². The summed E-state index contributed by atoms with van der Waals surface area (Å²) in [6, 6.07) is 5.10. The van der Waals surface area contributed by atoms with Crippen molar-refractivity contribution in [3.05, 3.63) is 30.1 Å². The van der Waals surface area contributed by atoms with Gasteiger partial charge in [-0.3, -0.25) is 4.79 Å². The maximum atomic E-state index is 12.3. The molecular weight excluding hydrogens is 426 g/mol. The van der Waals surface area contributed by atoms with E-state index in [-0.39, 0.29) is 24.0 Å². The monoisotopic (exact) mass is 451 g/mol. The SMILES string of the molecule is COc1ccc(NC(=O)CSc2nc(C(=O)OC3COC(C)(C)O3)cn2C)cc1OC. The summed E-state index contributed by atoms with van der Waals surface area (Å²) < 4.78 is 28.2. The Balaban J connectivity index is 1.54. The van der Waals surface area contributed by atoms with Crippen LogP contribution in [-0.4, -0.2) is 60.1 Å². The number of amides is 1. The van der Waals surface area contributed by atoms with Crippen LogP contribution in [0.5, 0.6) is 11.5 Å². The van der Waals surface area contributed by atoms with E-state index in [0.717, 1.165) is 0 Å². The molecule has 0 spiro atoms. The third-order valence-electron chi connectivity index (χ3n) is 4.26. The Bertz CT molecular complexity index is 960. The second kappa shape index (κ2) is 9.58. The average Bonchev–Trinajstić information content (AvgIpc) is 3.27. The van der Waals surface area contributed by atoms with Gasteiger partial charge >= 0.3 is 5.97 Å². The highest BCUT2D eigenvalue weighted by molar-refractivity contribution is 7.99. The summed E-state index contributed by atoms with van der Waals surface area (Å²) in [4.78, 5) is 28.9. The molecule has 0 bridgehead atoms. The van der Waals surface area contributed by atoms with Crippen LogP contribution in [0.1, 0.15) is 24.3 Å². The van der Waals surface area contributed by atoms with Crippen LogP contribution in [-0.2, 0) is 26.1 Å². The normalized spacial score (nSPS) is 17.3. The number of aryl methyl sites for hydroxylation is 1. The van der Waals surface area contributed by atoms with Gasteiger partial charge in [-0.2, -0.15) is 0 Å². The van der Waals surface area contributed by atoms with Gasteiger partial charge in [0, 0.05) is 25.0 Å². The van der Waals surface area contributed by atoms with Crippen molar-refractivity contribution in [2.75, 3.05) is 31.9 Å². The van der Waals surface area contributed by atoms with Gasteiger partial charge in [0.05, 0.1) is 20.0 Å². The second-order valence-corrected chi connectivity index (χ2v) is 8.03. The van der Waals surface area contributed by atoms with Crippen LogP contribution in [0.3, 0.4) is 0 Å². The van der Waals surface area contributed by atoms with Crippen molar-refractivity contribution < 1.29 is 33.3 Å². The number of carbonyl (C=O) groups is 2. The van der Waals surface area contributed by atoms with Crippen molar-refractivity contribution in [3.63, 3.8) is 0 Å². The van der Waals surface area contributed by atoms with Crippen molar-refractivity contribution in [2.24, 2.45) is 7.05 Å². The molecule has 1 unspecified atom stereocenters. The maximum absolute atomic E-state index is 12.3. The van der Waals surface area contributed by atoms with Crippen LogP contribution in [0, 0.1) is 0 Å². The van der Waals surface area contributed by atoms with E-state index in [1.165, 1.54) is 25.1 Å². The lowest BCUT2D eigenvalue weighted by Gasteiger charge is -2.16. The van der Waals surface area contributed by atoms with Crippen molar-refractivity contribution >= 4 is 29.3 Å². The Labute approximate surface area is 184 Å². The van der Waals surface area contributed by atoms with Crippen molar-refractivity contribution in [2.45, 2.75) is 31.1 Å². The van der Waals surface area contributed by atoms with E-state index in [4.69, 9.17) is 23.7 Å². The van der Waals surface area contributed by atoms with Crippen molar-refractivity contribution in [1.29, 1.82) is 0 Å². The lowest BCUT2D eigenvalue weighted by molar-refractivity contribution is -0.175. The zero-order valence-corrected chi connectivity index (χ0v) is 18.8. The zero-order chi connectivity index (χ0) is 22.6. The Hall–Kier alpha value is -2.76. The first-order chi connectivity index (χ1) is 14.7. The minimum atomic E-state index is -0.794. The van der Waals surface area contributed by atoms with Crippen LogP contribution < -0.4 is 14.8 Å². The number of hydrogen-bond acceptors (Lipinski definition) is 9. The lowest BCUT2D eigenvalue weighted by Crippen LogP contribution is -2.24. The van der Waals surface area contributed by atoms with Crippen LogP contribution in [0.25, 0.3) is 0 Å². The number of rotatable bonds is 8. The number of ether oxygens (including phenoxy) is 5. The van der Waals surface area contributed by atoms with E-state index in [1.54, 1.807) is 50.8 Å². The van der Waals surface area contributed by atoms with Gasteiger partial charge in [0.25, 0.3) is 0 Å². The molecule has 1 saturated heterocycles. The molecule has 1 atom stereocenters. The molecule has 2 aromatic rings. The molecule has 1 aromatic carbocycles. The number of hydrogen-bond donors (Lipinski definition) is 1. The molecule has 1 N–H and O–H groups in total. The van der Waals surface area contributed by atoms with Crippen LogP contribution in [0.2, 0.25) is 0 Å². The molecule has 3 rings (SSSR count). The number of esters is 1. The molecule has 10 nitrogen and oxygen atoms in total. The van der Waals surface area contributed by atoms with Crippen LogP contribution in [0.15, 0.2) is 29.6 Å². The highest BCUT2D eigenvalue weighted by Crippen LogP contribution is 2.30. The van der Waals surface area contributed by atoms with Gasteiger partial charge < -0.3 is 33.6 Å². The smallest absolute Gasteiger partial charge is 0.360 e. The van der Waals surface area contributed by atoms with E-state index in [1.807, 2.05) is 0 Å². The van der Waals surface area contributed by atoms with Gasteiger partial charge in [0.2, 0.25) is 12.2 Å². The average molecular weight is 452 g/mol. The number of aromatic nitrogens is 2. The summed E-state index contributed by atoms with van der Waals surface area (Å²) >= 11 is 1.19. The number of nitrogens with zero attached hydrogens (tertiary/aromatic N) is 2. The first-order valence-corrected chi connectivity index (χ1v) is 10.4. The van der Waals surface area contributed by atoms with Gasteiger partial charge in [0.1, 0.15) is 6.61 Å². The quantitative estimate of drug-likeness (QED) is 0.478. The molecule has 0 radical (unpaired) electrons. The minimum Gasteiger partial charge on any atom is -0.493 e. The molecular formula is C20H25N3O7S. The number of benzene rings is 1. The Kier molecular flexibility index (Phi) is 7.08. The number of carbonyl (C=O) groups excluding carboxylic acids is 2. The summed E-state index contributed by atoms with van der Waals surface area (Å²) in [5.41, 5.74) is 0.702. The van der Waals surface area contributed by atoms with Gasteiger partial charge in [0.15, 0.2) is 28.1 Å². The minimum absolute atomic E-state index is 0.0987. The first kappa shape index (κ1) is 22.9. The van der Waals surface area contributed by atoms with Gasteiger partial charge in [-0.05, 0) is 26.0 Å². The van der Waals surface area contributed by atoms with E-state index in [9.17, 15) is 9.59 Å². The fraction of sp³-hybridized carbons (Fsp3) is 0.450. The van der Waals surface area contributed by atoms with Gasteiger partial charge in [-0.1, -0.05) is 11.8 Å². The molecule has 1 amide bonds. The fourth-order valence-corrected chi connectivity index (χ4v) is 3.57. The number of anilines is 1. The molecule has 31 heavy (non-hydrogen) atoms. The molecule has 1 fully saturated rings. The number of methoxy groups -OCH3 is 2. The van der Waals surface area contributed by atoms with E-state index in [2.05, 4.69) is 10.3 Å². The molecule has 1 aliphatic rings. The fourth-order valence-electron chi connectivity index (χ4n) is 2.81. The summed E-state index contributed by atoms with van der Waals surface area (Å²) in [6.07, 6.45) is 0.755. The standard InChI is InChI=1S/C20H25N3O7S/c1-20(2)28-10-17(30-20)29-18(25)13-9-23(3)19(22-13)31-11-16(24)21-12-6-7-14(26-4)15(8-12)27-5/h6-9,17H,10-11H2,1-5H3,(H,21,24). The second-order valence-electron chi connectivity index (χ2n) is 7.09. The molecule has 0 aliphatic carbocycles. The third-order valence-corrected chi connectivity index (χ3v) is 5.31. The van der Waals surface area contributed by atoms with Crippen molar-refractivity contribution in [1.82, 2.24) is 9.55 Å². The highest BCUT2D eigenvalue weighted by atomic mass is 32.2. The van der Waals surface area contributed by atoms with Gasteiger partial charge in [-0.15, -0.1) is 0 Å². The molecule has 2 heterocycles. The number of imidazole rings is 1. The summed E-state index contributed by atoms with van der Waals surface area (Å²) in [5.74, 6) is -0.467. The van der Waals surface area contributed by atoms with Crippen molar-refractivity contribution in [3.8, 4) is 11.5 Å². The molecule has 168 valence electrons. The first-order valence-electron chi connectivity index (χ1n) is 9.41. The van der Waals surface area contributed by atoms with Crippen LogP contribution >= 0.6 is 11.8 Å². The predicted octanol–water partition coefficient (Wildman–Crippen LogP) is 2.43. The summed E-state index contributed by atoms with van der Waals surface area (Å²) in [5, 5.41) is 3.29. The molecule has 1 aliphatic heterocycles. The maximum Gasteiger partial charge on any atom is 0.360 e. The number of thioether (sulfide) groups is 1. The Morgan fingerprint density at radius 2 is 2.03 bits per heavy atom.